The number of hydrogen-bond acceptors (Lipinski definition) is 2. The van der Waals surface area contributed by atoms with Crippen LogP contribution >= 0.6 is 0 Å². The summed E-state index contributed by atoms with van der Waals surface area (Å²) in [6.45, 7) is 1.13. The number of aliphatic hydroxyl groups excluding tert-OH is 1. The third-order valence-corrected chi connectivity index (χ3v) is 1.94. The van der Waals surface area contributed by atoms with E-state index in [9.17, 15) is 0 Å². The number of hydrogen-bond donors (Lipinski definition) is 2. The topological polar surface area (TPSA) is 32.3 Å². The second-order valence-corrected chi connectivity index (χ2v) is 3.08. The molecule has 0 unspecified atom stereocenters. The van der Waals surface area contributed by atoms with Gasteiger partial charge in [0, 0.05) is 24.4 Å². The van der Waals surface area contributed by atoms with Crippen molar-refractivity contribution in [1.82, 2.24) is 0 Å². The third-order valence-electron chi connectivity index (χ3n) is 1.94. The van der Waals surface area contributed by atoms with E-state index >= 15 is 0 Å². The van der Waals surface area contributed by atoms with E-state index in [1.807, 2.05) is 24.3 Å². The van der Waals surface area contributed by atoms with Crippen molar-refractivity contribution < 1.29 is 5.11 Å². The van der Waals surface area contributed by atoms with Gasteiger partial charge >= 0.3 is 0 Å². The SMILES string of the molecule is C#Cc1cccc(NCCCCO)c1. The molecule has 0 aromatic heterocycles. The minimum Gasteiger partial charge on any atom is -0.396 e. The first-order valence-corrected chi connectivity index (χ1v) is 4.78. The Labute approximate surface area is 85.0 Å². The van der Waals surface area contributed by atoms with Crippen LogP contribution in [0.25, 0.3) is 0 Å². The van der Waals surface area contributed by atoms with E-state index in [-0.39, 0.29) is 6.61 Å². The average molecular weight is 189 g/mol. The first-order valence-electron chi connectivity index (χ1n) is 4.78. The van der Waals surface area contributed by atoms with Crippen LogP contribution in [0.1, 0.15) is 18.4 Å². The van der Waals surface area contributed by atoms with Crippen molar-refractivity contribution in [2.24, 2.45) is 0 Å². The maximum absolute atomic E-state index is 8.59. The highest BCUT2D eigenvalue weighted by molar-refractivity contribution is 5.49. The van der Waals surface area contributed by atoms with Gasteiger partial charge in [-0.2, -0.15) is 0 Å². The molecular formula is C12H15NO. The van der Waals surface area contributed by atoms with E-state index in [2.05, 4.69) is 11.2 Å². The van der Waals surface area contributed by atoms with Gasteiger partial charge < -0.3 is 10.4 Å². The predicted octanol–water partition coefficient (Wildman–Crippen LogP) is 1.85. The van der Waals surface area contributed by atoms with E-state index in [4.69, 9.17) is 11.5 Å². The second kappa shape index (κ2) is 6.06. The summed E-state index contributed by atoms with van der Waals surface area (Å²) >= 11 is 0. The molecule has 0 aliphatic heterocycles. The van der Waals surface area contributed by atoms with E-state index < -0.39 is 0 Å². The molecule has 1 rings (SSSR count). The number of benzene rings is 1. The molecule has 0 fully saturated rings. The Bertz CT molecular complexity index is 314. The van der Waals surface area contributed by atoms with Crippen LogP contribution < -0.4 is 5.32 Å². The molecule has 0 atom stereocenters. The Morgan fingerprint density at radius 2 is 2.21 bits per heavy atom. The molecule has 0 heterocycles. The van der Waals surface area contributed by atoms with Crippen LogP contribution in [0.15, 0.2) is 24.3 Å². The van der Waals surface area contributed by atoms with Crippen LogP contribution in [0.5, 0.6) is 0 Å². The monoisotopic (exact) mass is 189 g/mol. The van der Waals surface area contributed by atoms with Crippen LogP contribution in [0.2, 0.25) is 0 Å². The van der Waals surface area contributed by atoms with E-state index in [1.54, 1.807) is 0 Å². The first-order chi connectivity index (χ1) is 6.86. The van der Waals surface area contributed by atoms with Crippen LogP contribution in [0.4, 0.5) is 5.69 Å². The summed E-state index contributed by atoms with van der Waals surface area (Å²) < 4.78 is 0. The molecule has 0 saturated heterocycles. The van der Waals surface area contributed by atoms with Crippen LogP contribution in [-0.2, 0) is 0 Å². The number of unbranched alkanes of at least 4 members (excludes halogenated alkanes) is 1. The van der Waals surface area contributed by atoms with Gasteiger partial charge in [0.1, 0.15) is 0 Å². The number of anilines is 1. The lowest BCUT2D eigenvalue weighted by Crippen LogP contribution is -2.02. The molecule has 2 heteroatoms. The van der Waals surface area contributed by atoms with Crippen molar-refractivity contribution in [2.45, 2.75) is 12.8 Å². The van der Waals surface area contributed by atoms with E-state index in [0.717, 1.165) is 30.6 Å². The molecule has 14 heavy (non-hydrogen) atoms. The molecule has 2 nitrogen and oxygen atoms in total. The van der Waals surface area contributed by atoms with E-state index in [0.29, 0.717) is 0 Å². The van der Waals surface area contributed by atoms with Gasteiger partial charge in [-0.3, -0.25) is 0 Å². The molecule has 2 N–H and O–H groups in total. The standard InChI is InChI=1S/C12H15NO/c1-2-11-6-5-7-12(10-11)13-8-3-4-9-14/h1,5-7,10,13-14H,3-4,8-9H2. The summed E-state index contributed by atoms with van der Waals surface area (Å²) in [5.74, 6) is 2.59. The van der Waals surface area contributed by atoms with Gasteiger partial charge in [-0.1, -0.05) is 12.0 Å². The molecule has 1 aromatic rings. The Morgan fingerprint density at radius 3 is 2.93 bits per heavy atom. The molecule has 0 amide bonds. The zero-order chi connectivity index (χ0) is 10.2. The summed E-state index contributed by atoms with van der Waals surface area (Å²) in [5.41, 5.74) is 1.93. The minimum atomic E-state index is 0.256. The molecule has 0 aliphatic rings. The van der Waals surface area contributed by atoms with Crippen LogP contribution in [-0.4, -0.2) is 18.3 Å². The molecular weight excluding hydrogens is 174 g/mol. The fraction of sp³-hybridized carbons (Fsp3) is 0.333. The van der Waals surface area contributed by atoms with Crippen molar-refractivity contribution in [2.75, 3.05) is 18.5 Å². The fourth-order valence-corrected chi connectivity index (χ4v) is 1.19. The molecule has 0 aliphatic carbocycles. The number of nitrogens with one attached hydrogen (secondary N) is 1. The number of rotatable bonds is 5. The van der Waals surface area contributed by atoms with Gasteiger partial charge in [0.05, 0.1) is 0 Å². The van der Waals surface area contributed by atoms with Crippen molar-refractivity contribution in [3.05, 3.63) is 29.8 Å². The average Bonchev–Trinajstić information content (AvgIpc) is 2.25. The summed E-state index contributed by atoms with van der Waals surface area (Å²) in [6, 6.07) is 7.77. The quantitative estimate of drug-likeness (QED) is 0.547. The number of terminal acetylenes is 1. The van der Waals surface area contributed by atoms with Gasteiger partial charge in [0.25, 0.3) is 0 Å². The zero-order valence-electron chi connectivity index (χ0n) is 8.16. The van der Waals surface area contributed by atoms with Gasteiger partial charge in [0.2, 0.25) is 0 Å². The fourth-order valence-electron chi connectivity index (χ4n) is 1.19. The van der Waals surface area contributed by atoms with Crippen LogP contribution in [0, 0.1) is 12.3 Å². The maximum Gasteiger partial charge on any atom is 0.0431 e. The smallest absolute Gasteiger partial charge is 0.0431 e. The molecule has 0 bridgehead atoms. The Kier molecular flexibility index (Phi) is 4.60. The van der Waals surface area contributed by atoms with Gasteiger partial charge in [0.15, 0.2) is 0 Å². The first kappa shape index (κ1) is 10.6. The summed E-state index contributed by atoms with van der Waals surface area (Å²) in [5, 5.41) is 11.8. The van der Waals surface area contributed by atoms with Gasteiger partial charge in [-0.25, -0.2) is 0 Å². The third kappa shape index (κ3) is 3.51. The lowest BCUT2D eigenvalue weighted by atomic mass is 10.2. The highest BCUT2D eigenvalue weighted by Crippen LogP contribution is 2.09. The lowest BCUT2D eigenvalue weighted by molar-refractivity contribution is 0.286. The minimum absolute atomic E-state index is 0.256. The molecule has 0 spiro atoms. The molecule has 1 aromatic carbocycles. The predicted molar refractivity (Wildman–Crippen MR) is 59.2 cm³/mol. The lowest BCUT2D eigenvalue weighted by Gasteiger charge is -2.05. The zero-order valence-corrected chi connectivity index (χ0v) is 8.16. The second-order valence-electron chi connectivity index (χ2n) is 3.08. The summed E-state index contributed by atoms with van der Waals surface area (Å²) in [4.78, 5) is 0. The largest absolute Gasteiger partial charge is 0.396 e. The Hall–Kier alpha value is -1.46. The van der Waals surface area contributed by atoms with Crippen molar-refractivity contribution in [1.29, 1.82) is 0 Å². The molecule has 74 valence electrons. The molecule has 0 radical (unpaired) electrons. The van der Waals surface area contributed by atoms with Crippen molar-refractivity contribution in [3.8, 4) is 12.3 Å². The van der Waals surface area contributed by atoms with Crippen molar-refractivity contribution in [3.63, 3.8) is 0 Å². The van der Waals surface area contributed by atoms with Crippen molar-refractivity contribution >= 4 is 5.69 Å². The van der Waals surface area contributed by atoms with Gasteiger partial charge in [-0.15, -0.1) is 6.42 Å². The molecule has 0 saturated carbocycles. The summed E-state index contributed by atoms with van der Waals surface area (Å²) in [6.07, 6.45) is 7.09. The van der Waals surface area contributed by atoms with Gasteiger partial charge in [-0.05, 0) is 31.0 Å². The maximum atomic E-state index is 8.59. The Morgan fingerprint density at radius 1 is 1.36 bits per heavy atom. The normalized spacial score (nSPS) is 9.43. The Balaban J connectivity index is 2.39. The van der Waals surface area contributed by atoms with Crippen LogP contribution in [0.3, 0.4) is 0 Å². The highest BCUT2D eigenvalue weighted by atomic mass is 16.2. The summed E-state index contributed by atoms with van der Waals surface area (Å²) in [7, 11) is 0. The number of aliphatic hydroxyl groups is 1. The highest BCUT2D eigenvalue weighted by Gasteiger charge is 1.92. The van der Waals surface area contributed by atoms with E-state index in [1.165, 1.54) is 0 Å².